The first-order chi connectivity index (χ1) is 7.63. The number of hydrogen-bond acceptors (Lipinski definition) is 2. The molecule has 0 aliphatic rings. The number of carbonyl (C=O) groups is 1. The largest absolute Gasteiger partial charge is 0.383 e. The van der Waals surface area contributed by atoms with E-state index in [9.17, 15) is 4.79 Å². The third-order valence-electron chi connectivity index (χ3n) is 1.77. The molecule has 0 fully saturated rings. The molecule has 0 radical (unpaired) electrons. The van der Waals surface area contributed by atoms with Crippen LogP contribution in [-0.4, -0.2) is 26.3 Å². The molecule has 0 saturated heterocycles. The Kier molecular flexibility index (Phi) is 5.38. The Morgan fingerprint density at radius 1 is 1.44 bits per heavy atom. The number of benzene rings is 1. The Hall–Kier alpha value is -0.970. The van der Waals surface area contributed by atoms with Crippen molar-refractivity contribution < 1.29 is 9.53 Å². The van der Waals surface area contributed by atoms with Gasteiger partial charge in [0.15, 0.2) is 0 Å². The predicted molar refractivity (Wildman–Crippen MR) is 65.4 cm³/mol. The summed E-state index contributed by atoms with van der Waals surface area (Å²) in [6, 6.07) is 4.51. The van der Waals surface area contributed by atoms with Crippen LogP contribution in [0, 0.1) is 0 Å². The van der Waals surface area contributed by atoms with Crippen molar-refractivity contribution in [2.75, 3.05) is 25.6 Å². The van der Waals surface area contributed by atoms with Gasteiger partial charge in [-0.05, 0) is 18.2 Å². The first kappa shape index (κ1) is 13.1. The molecule has 0 aliphatic carbocycles. The van der Waals surface area contributed by atoms with E-state index < -0.39 is 0 Å². The molecule has 0 heterocycles. The maximum atomic E-state index is 11.4. The van der Waals surface area contributed by atoms with Crippen molar-refractivity contribution in [3.05, 3.63) is 28.2 Å². The predicted octanol–water partition coefficient (Wildman–Crippen LogP) is 2.76. The van der Waals surface area contributed by atoms with Gasteiger partial charge in [0.2, 0.25) is 0 Å². The highest BCUT2D eigenvalue weighted by molar-refractivity contribution is 6.35. The van der Waals surface area contributed by atoms with Crippen LogP contribution < -0.4 is 10.6 Å². The van der Waals surface area contributed by atoms with Gasteiger partial charge in [0, 0.05) is 18.7 Å². The second-order valence-corrected chi connectivity index (χ2v) is 3.84. The number of nitrogens with one attached hydrogen (secondary N) is 2. The topological polar surface area (TPSA) is 50.4 Å². The summed E-state index contributed by atoms with van der Waals surface area (Å²) in [6.07, 6.45) is 0. The van der Waals surface area contributed by atoms with Crippen molar-refractivity contribution in [1.82, 2.24) is 5.32 Å². The molecule has 0 saturated carbocycles. The average molecular weight is 263 g/mol. The fourth-order valence-electron chi connectivity index (χ4n) is 1.03. The van der Waals surface area contributed by atoms with E-state index in [0.29, 0.717) is 28.9 Å². The molecule has 0 aromatic heterocycles. The normalized spacial score (nSPS) is 9.94. The molecular formula is C10H12Cl2N2O2. The molecule has 0 atom stereocenters. The van der Waals surface area contributed by atoms with Gasteiger partial charge in [-0.25, -0.2) is 4.79 Å². The summed E-state index contributed by atoms with van der Waals surface area (Å²) in [5, 5.41) is 6.14. The zero-order valence-electron chi connectivity index (χ0n) is 8.72. The molecule has 88 valence electrons. The number of carbonyl (C=O) groups excluding carboxylic acids is 1. The van der Waals surface area contributed by atoms with E-state index in [1.165, 1.54) is 0 Å². The SMILES string of the molecule is COCCNC(=O)Nc1cc(Cl)ccc1Cl. The minimum absolute atomic E-state index is 0.346. The lowest BCUT2D eigenvalue weighted by Gasteiger charge is -2.08. The number of rotatable bonds is 4. The van der Waals surface area contributed by atoms with Crippen LogP contribution >= 0.6 is 23.2 Å². The van der Waals surface area contributed by atoms with Gasteiger partial charge >= 0.3 is 6.03 Å². The highest BCUT2D eigenvalue weighted by atomic mass is 35.5. The van der Waals surface area contributed by atoms with Crippen LogP contribution in [-0.2, 0) is 4.74 Å². The Balaban J connectivity index is 2.52. The van der Waals surface area contributed by atoms with E-state index in [1.807, 2.05) is 0 Å². The number of ether oxygens (including phenoxy) is 1. The molecule has 0 unspecified atom stereocenters. The molecule has 16 heavy (non-hydrogen) atoms. The van der Waals surface area contributed by atoms with Crippen LogP contribution in [0.2, 0.25) is 10.0 Å². The number of amides is 2. The van der Waals surface area contributed by atoms with Gasteiger partial charge in [-0.2, -0.15) is 0 Å². The lowest BCUT2D eigenvalue weighted by atomic mass is 10.3. The lowest BCUT2D eigenvalue weighted by Crippen LogP contribution is -2.31. The van der Waals surface area contributed by atoms with Gasteiger partial charge in [0.05, 0.1) is 17.3 Å². The van der Waals surface area contributed by atoms with Crippen LogP contribution in [0.5, 0.6) is 0 Å². The van der Waals surface area contributed by atoms with E-state index >= 15 is 0 Å². The molecule has 4 nitrogen and oxygen atoms in total. The first-order valence-corrected chi connectivity index (χ1v) is 5.38. The van der Waals surface area contributed by atoms with Crippen molar-refractivity contribution in [3.63, 3.8) is 0 Å². The van der Waals surface area contributed by atoms with E-state index in [4.69, 9.17) is 27.9 Å². The van der Waals surface area contributed by atoms with Gasteiger partial charge in [0.25, 0.3) is 0 Å². The molecule has 2 N–H and O–H groups in total. The maximum Gasteiger partial charge on any atom is 0.319 e. The smallest absolute Gasteiger partial charge is 0.319 e. The van der Waals surface area contributed by atoms with Crippen molar-refractivity contribution in [2.45, 2.75) is 0 Å². The fraction of sp³-hybridized carbons (Fsp3) is 0.300. The maximum absolute atomic E-state index is 11.4. The summed E-state index contributed by atoms with van der Waals surface area (Å²) in [5.41, 5.74) is 0.476. The van der Waals surface area contributed by atoms with Crippen molar-refractivity contribution >= 4 is 34.9 Å². The minimum Gasteiger partial charge on any atom is -0.383 e. The van der Waals surface area contributed by atoms with Crippen LogP contribution in [0.25, 0.3) is 0 Å². The quantitative estimate of drug-likeness (QED) is 0.820. The lowest BCUT2D eigenvalue weighted by molar-refractivity contribution is 0.198. The first-order valence-electron chi connectivity index (χ1n) is 4.62. The number of methoxy groups -OCH3 is 1. The van der Waals surface area contributed by atoms with Crippen LogP contribution in [0.4, 0.5) is 10.5 Å². The van der Waals surface area contributed by atoms with Gasteiger partial charge in [0.1, 0.15) is 0 Å². The third-order valence-corrected chi connectivity index (χ3v) is 2.33. The summed E-state index contributed by atoms with van der Waals surface area (Å²) < 4.78 is 4.80. The molecule has 0 bridgehead atoms. The highest BCUT2D eigenvalue weighted by Gasteiger charge is 2.05. The zero-order chi connectivity index (χ0) is 12.0. The number of anilines is 1. The van der Waals surface area contributed by atoms with E-state index in [1.54, 1.807) is 25.3 Å². The molecular weight excluding hydrogens is 251 g/mol. The molecule has 0 spiro atoms. The second kappa shape index (κ2) is 6.58. The Morgan fingerprint density at radius 2 is 2.19 bits per heavy atom. The minimum atomic E-state index is -0.346. The van der Waals surface area contributed by atoms with Gasteiger partial charge < -0.3 is 15.4 Å². The van der Waals surface area contributed by atoms with Crippen molar-refractivity contribution in [1.29, 1.82) is 0 Å². The van der Waals surface area contributed by atoms with E-state index in [0.717, 1.165) is 0 Å². The molecule has 1 aromatic rings. The molecule has 0 aliphatic heterocycles. The fourth-order valence-corrected chi connectivity index (χ4v) is 1.36. The van der Waals surface area contributed by atoms with Crippen molar-refractivity contribution in [3.8, 4) is 0 Å². The van der Waals surface area contributed by atoms with Crippen LogP contribution in [0.15, 0.2) is 18.2 Å². The summed E-state index contributed by atoms with van der Waals surface area (Å²) in [4.78, 5) is 11.4. The molecule has 1 aromatic carbocycles. The van der Waals surface area contributed by atoms with Gasteiger partial charge in [-0.3, -0.25) is 0 Å². The summed E-state index contributed by atoms with van der Waals surface area (Å²) in [5.74, 6) is 0. The standard InChI is InChI=1S/C10H12Cl2N2O2/c1-16-5-4-13-10(15)14-9-6-7(11)2-3-8(9)12/h2-3,6H,4-5H2,1H3,(H2,13,14,15). The second-order valence-electron chi connectivity index (χ2n) is 3.00. The summed E-state index contributed by atoms with van der Waals surface area (Å²) in [7, 11) is 1.56. The van der Waals surface area contributed by atoms with Crippen LogP contribution in [0.3, 0.4) is 0 Å². The number of hydrogen-bond donors (Lipinski definition) is 2. The summed E-state index contributed by atoms with van der Waals surface area (Å²) >= 11 is 11.7. The monoisotopic (exact) mass is 262 g/mol. The average Bonchev–Trinajstić information content (AvgIpc) is 2.24. The zero-order valence-corrected chi connectivity index (χ0v) is 10.2. The Morgan fingerprint density at radius 3 is 2.88 bits per heavy atom. The number of urea groups is 1. The molecule has 6 heteroatoms. The summed E-state index contributed by atoms with van der Waals surface area (Å²) in [6.45, 7) is 0.886. The van der Waals surface area contributed by atoms with Gasteiger partial charge in [-0.1, -0.05) is 23.2 Å². The van der Waals surface area contributed by atoms with E-state index in [-0.39, 0.29) is 6.03 Å². The Labute approximate surface area is 104 Å². The van der Waals surface area contributed by atoms with E-state index in [2.05, 4.69) is 10.6 Å². The third kappa shape index (κ3) is 4.26. The van der Waals surface area contributed by atoms with Gasteiger partial charge in [-0.15, -0.1) is 0 Å². The Bertz CT molecular complexity index is 372. The highest BCUT2D eigenvalue weighted by Crippen LogP contribution is 2.25. The molecule has 2 amide bonds. The van der Waals surface area contributed by atoms with Crippen LogP contribution in [0.1, 0.15) is 0 Å². The number of halogens is 2. The van der Waals surface area contributed by atoms with Crippen molar-refractivity contribution in [2.24, 2.45) is 0 Å². The molecule has 1 rings (SSSR count).